The van der Waals surface area contributed by atoms with Crippen molar-refractivity contribution in [2.45, 2.75) is 18.2 Å². The van der Waals surface area contributed by atoms with E-state index in [0.717, 1.165) is 12.1 Å². The standard InChI is InChI=1S/C16H20F2N2O4S/c1-11(22)19-5-4-16(10-21)9-20(8-12(16)7-19)25(23,24)13-2-3-14(17)15(18)6-13/h2-3,6,12,21H,4-5,7-10H2,1H3/t12-,16+/m1/s1. The molecule has 1 amide bonds. The first-order valence-corrected chi connectivity index (χ1v) is 9.45. The Bertz CT molecular complexity index is 801. The predicted molar refractivity (Wildman–Crippen MR) is 85.0 cm³/mol. The van der Waals surface area contributed by atoms with Gasteiger partial charge in [0.25, 0.3) is 0 Å². The minimum absolute atomic E-state index is 0.0894. The second kappa shape index (κ2) is 6.30. The van der Waals surface area contributed by atoms with Crippen LogP contribution in [0.4, 0.5) is 8.78 Å². The van der Waals surface area contributed by atoms with E-state index < -0.39 is 27.1 Å². The van der Waals surface area contributed by atoms with E-state index in [1.54, 1.807) is 4.90 Å². The second-order valence-electron chi connectivity index (χ2n) is 6.81. The van der Waals surface area contributed by atoms with Gasteiger partial charge in [0, 0.05) is 38.5 Å². The fraction of sp³-hybridized carbons (Fsp3) is 0.562. The maximum Gasteiger partial charge on any atom is 0.243 e. The van der Waals surface area contributed by atoms with Crippen LogP contribution >= 0.6 is 0 Å². The third-order valence-corrected chi connectivity index (χ3v) is 7.20. The maximum atomic E-state index is 13.4. The lowest BCUT2D eigenvalue weighted by molar-refractivity contribution is -0.133. The number of carbonyl (C=O) groups is 1. The van der Waals surface area contributed by atoms with E-state index in [0.29, 0.717) is 25.6 Å². The van der Waals surface area contributed by atoms with Gasteiger partial charge in [0.1, 0.15) is 0 Å². The Balaban J connectivity index is 1.89. The van der Waals surface area contributed by atoms with Gasteiger partial charge in [0.05, 0.1) is 11.5 Å². The van der Waals surface area contributed by atoms with Crippen LogP contribution in [-0.4, -0.2) is 61.4 Å². The average molecular weight is 374 g/mol. The van der Waals surface area contributed by atoms with Gasteiger partial charge in [0.15, 0.2) is 11.6 Å². The molecule has 9 heteroatoms. The van der Waals surface area contributed by atoms with Crippen LogP contribution in [0.3, 0.4) is 0 Å². The molecular weight excluding hydrogens is 354 g/mol. The Labute approximate surface area is 145 Å². The van der Waals surface area contributed by atoms with E-state index in [1.807, 2.05) is 0 Å². The van der Waals surface area contributed by atoms with E-state index in [9.17, 15) is 27.1 Å². The molecule has 25 heavy (non-hydrogen) atoms. The molecule has 2 saturated heterocycles. The molecule has 0 radical (unpaired) electrons. The molecule has 2 atom stereocenters. The van der Waals surface area contributed by atoms with Crippen molar-refractivity contribution >= 4 is 15.9 Å². The number of fused-ring (bicyclic) bond motifs is 1. The summed E-state index contributed by atoms with van der Waals surface area (Å²) in [4.78, 5) is 12.9. The molecule has 1 N–H and O–H groups in total. The summed E-state index contributed by atoms with van der Waals surface area (Å²) in [6, 6.07) is 2.48. The lowest BCUT2D eigenvalue weighted by atomic mass is 9.73. The Morgan fingerprint density at radius 2 is 2.04 bits per heavy atom. The molecule has 0 unspecified atom stereocenters. The number of nitrogens with zero attached hydrogens (tertiary/aromatic N) is 2. The monoisotopic (exact) mass is 374 g/mol. The van der Waals surface area contributed by atoms with Crippen LogP contribution in [0.1, 0.15) is 13.3 Å². The van der Waals surface area contributed by atoms with Gasteiger partial charge in [-0.25, -0.2) is 17.2 Å². The number of aliphatic hydroxyl groups excluding tert-OH is 1. The zero-order valence-corrected chi connectivity index (χ0v) is 14.6. The molecule has 138 valence electrons. The number of carbonyl (C=O) groups excluding carboxylic acids is 1. The van der Waals surface area contributed by atoms with Crippen molar-refractivity contribution < 1.29 is 27.1 Å². The van der Waals surface area contributed by atoms with Crippen LogP contribution in [0.25, 0.3) is 0 Å². The molecule has 0 aliphatic carbocycles. The van der Waals surface area contributed by atoms with Crippen molar-refractivity contribution in [2.75, 3.05) is 32.8 Å². The topological polar surface area (TPSA) is 77.9 Å². The summed E-state index contributed by atoms with van der Waals surface area (Å²) in [6.07, 6.45) is 0.498. The number of hydrogen-bond donors (Lipinski definition) is 1. The van der Waals surface area contributed by atoms with Crippen molar-refractivity contribution in [2.24, 2.45) is 11.3 Å². The lowest BCUT2D eigenvalue weighted by Crippen LogP contribution is -2.50. The molecule has 0 bridgehead atoms. The Hall–Kier alpha value is -1.58. The van der Waals surface area contributed by atoms with Crippen LogP contribution in [0, 0.1) is 23.0 Å². The number of rotatable bonds is 3. The summed E-state index contributed by atoms with van der Waals surface area (Å²) in [5, 5.41) is 9.88. The number of hydrogen-bond acceptors (Lipinski definition) is 4. The summed E-state index contributed by atoms with van der Waals surface area (Å²) in [5.74, 6) is -2.63. The minimum Gasteiger partial charge on any atom is -0.396 e. The fourth-order valence-electron chi connectivity index (χ4n) is 3.75. The molecule has 2 aliphatic rings. The third-order valence-electron chi connectivity index (χ3n) is 5.39. The number of sulfonamides is 1. The summed E-state index contributed by atoms with van der Waals surface area (Å²) < 4.78 is 53.3. The van der Waals surface area contributed by atoms with Crippen molar-refractivity contribution in [3.8, 4) is 0 Å². The molecular formula is C16H20F2N2O4S. The highest BCUT2D eigenvalue weighted by molar-refractivity contribution is 7.89. The Morgan fingerprint density at radius 1 is 1.32 bits per heavy atom. The summed E-state index contributed by atoms with van der Waals surface area (Å²) >= 11 is 0. The minimum atomic E-state index is -4.01. The molecule has 1 aromatic rings. The number of halogens is 2. The van der Waals surface area contributed by atoms with Crippen LogP contribution in [0.2, 0.25) is 0 Å². The van der Waals surface area contributed by atoms with Gasteiger partial charge in [-0.3, -0.25) is 4.79 Å². The van der Waals surface area contributed by atoms with Crippen molar-refractivity contribution in [1.82, 2.24) is 9.21 Å². The van der Waals surface area contributed by atoms with Gasteiger partial charge >= 0.3 is 0 Å². The molecule has 1 aromatic carbocycles. The number of likely N-dealkylation sites (tertiary alicyclic amines) is 1. The normalized spacial score (nSPS) is 27.4. The smallest absolute Gasteiger partial charge is 0.243 e. The number of amides is 1. The molecule has 6 nitrogen and oxygen atoms in total. The summed E-state index contributed by atoms with van der Waals surface area (Å²) in [7, 11) is -4.01. The lowest BCUT2D eigenvalue weighted by Gasteiger charge is -2.42. The molecule has 3 rings (SSSR count). The van der Waals surface area contributed by atoms with E-state index in [4.69, 9.17) is 0 Å². The van der Waals surface area contributed by atoms with Crippen molar-refractivity contribution in [3.63, 3.8) is 0 Å². The van der Waals surface area contributed by atoms with E-state index in [1.165, 1.54) is 11.2 Å². The van der Waals surface area contributed by atoms with Crippen LogP contribution in [0.5, 0.6) is 0 Å². The summed E-state index contributed by atoms with van der Waals surface area (Å²) in [5.41, 5.74) is -0.613. The Morgan fingerprint density at radius 3 is 2.64 bits per heavy atom. The second-order valence-corrected chi connectivity index (χ2v) is 8.74. The number of piperidine rings is 1. The predicted octanol–water partition coefficient (Wildman–Crippen LogP) is 0.816. The van der Waals surface area contributed by atoms with E-state index >= 15 is 0 Å². The van der Waals surface area contributed by atoms with Gasteiger partial charge in [0.2, 0.25) is 15.9 Å². The van der Waals surface area contributed by atoms with E-state index in [2.05, 4.69) is 0 Å². The van der Waals surface area contributed by atoms with Crippen LogP contribution < -0.4 is 0 Å². The molecule has 0 aromatic heterocycles. The van der Waals surface area contributed by atoms with Crippen molar-refractivity contribution in [1.29, 1.82) is 0 Å². The van der Waals surface area contributed by atoms with Gasteiger partial charge < -0.3 is 10.0 Å². The van der Waals surface area contributed by atoms with Gasteiger partial charge in [-0.1, -0.05) is 0 Å². The molecule has 2 aliphatic heterocycles. The fourth-order valence-corrected chi connectivity index (χ4v) is 5.34. The molecule has 2 fully saturated rings. The van der Waals surface area contributed by atoms with Crippen LogP contribution in [-0.2, 0) is 14.8 Å². The first kappa shape index (κ1) is 18.2. The maximum absolute atomic E-state index is 13.4. The quantitative estimate of drug-likeness (QED) is 0.850. The van der Waals surface area contributed by atoms with Gasteiger partial charge in [-0.05, 0) is 30.5 Å². The molecule has 0 spiro atoms. The Kier molecular flexibility index (Phi) is 4.59. The first-order chi connectivity index (χ1) is 11.7. The zero-order valence-electron chi connectivity index (χ0n) is 13.8. The largest absolute Gasteiger partial charge is 0.396 e. The van der Waals surface area contributed by atoms with Crippen molar-refractivity contribution in [3.05, 3.63) is 29.8 Å². The van der Waals surface area contributed by atoms with E-state index in [-0.39, 0.29) is 36.4 Å². The number of benzene rings is 1. The van der Waals surface area contributed by atoms with Gasteiger partial charge in [-0.15, -0.1) is 0 Å². The van der Waals surface area contributed by atoms with Gasteiger partial charge in [-0.2, -0.15) is 4.31 Å². The molecule has 0 saturated carbocycles. The highest BCUT2D eigenvalue weighted by Gasteiger charge is 2.52. The average Bonchev–Trinajstić information content (AvgIpc) is 2.97. The van der Waals surface area contributed by atoms with Crippen LogP contribution in [0.15, 0.2) is 23.1 Å². The highest BCUT2D eigenvalue weighted by Crippen LogP contribution is 2.44. The highest BCUT2D eigenvalue weighted by atomic mass is 32.2. The molecule has 2 heterocycles. The SMILES string of the molecule is CC(=O)N1CC[C@@]2(CO)CN(S(=O)(=O)c3ccc(F)c(F)c3)C[C@H]2C1. The first-order valence-electron chi connectivity index (χ1n) is 8.01. The number of aliphatic hydroxyl groups is 1. The summed E-state index contributed by atoms with van der Waals surface area (Å²) in [6.45, 7) is 2.34. The zero-order chi connectivity index (χ0) is 18.4. The third kappa shape index (κ3) is 3.04.